The van der Waals surface area contributed by atoms with Gasteiger partial charge in [0.15, 0.2) is 17.5 Å². The fourth-order valence-corrected chi connectivity index (χ4v) is 7.75. The van der Waals surface area contributed by atoms with Crippen LogP contribution in [0, 0.1) is 0 Å². The first kappa shape index (κ1) is 27.9. The van der Waals surface area contributed by atoms with Gasteiger partial charge in [-0.05, 0) is 42.1 Å². The maximum Gasteiger partial charge on any atom is 0.164 e. The van der Waals surface area contributed by atoms with Gasteiger partial charge in [-0.15, -0.1) is 0 Å². The van der Waals surface area contributed by atoms with E-state index in [2.05, 4.69) is 30.3 Å². The van der Waals surface area contributed by atoms with Gasteiger partial charge in [0, 0.05) is 38.1 Å². The van der Waals surface area contributed by atoms with Crippen molar-refractivity contribution < 1.29 is 8.98 Å². The molecule has 0 radical (unpaired) electrons. The van der Waals surface area contributed by atoms with Crippen LogP contribution in [0.1, 0.15) is 0 Å². The average Bonchev–Trinajstić information content (AvgIpc) is 3.51. The predicted molar refractivity (Wildman–Crippen MR) is 188 cm³/mol. The van der Waals surface area contributed by atoms with Gasteiger partial charge in [0.25, 0.3) is 0 Å². The molecule has 0 amide bonds. The Labute approximate surface area is 266 Å². The van der Waals surface area contributed by atoms with Crippen molar-refractivity contribution in [1.82, 2.24) is 15.0 Å². The zero-order valence-electron chi connectivity index (χ0n) is 25.0. The molecule has 0 saturated heterocycles. The smallest absolute Gasteiger partial charge is 0.164 e. The summed E-state index contributed by atoms with van der Waals surface area (Å²) in [7, 11) is -2.86. The number of fused-ring (bicyclic) bond motifs is 3. The molecule has 2 heterocycles. The van der Waals surface area contributed by atoms with Gasteiger partial charge < -0.3 is 8.98 Å². The van der Waals surface area contributed by atoms with Crippen LogP contribution in [0.3, 0.4) is 0 Å². The number of furan rings is 1. The molecule has 0 N–H and O–H groups in total. The number of nitrogens with zero attached hydrogens (tertiary/aromatic N) is 3. The quantitative estimate of drug-likeness (QED) is 0.175. The zero-order chi connectivity index (χ0) is 31.1. The third-order valence-corrected chi connectivity index (χ3v) is 10.9. The molecule has 8 aromatic rings. The van der Waals surface area contributed by atoms with Crippen LogP contribution in [0.5, 0.6) is 0 Å². The van der Waals surface area contributed by atoms with Crippen molar-refractivity contribution in [2.75, 3.05) is 6.66 Å². The van der Waals surface area contributed by atoms with Crippen LogP contribution in [0.4, 0.5) is 0 Å². The van der Waals surface area contributed by atoms with E-state index in [-0.39, 0.29) is 0 Å². The van der Waals surface area contributed by atoms with Crippen molar-refractivity contribution in [3.8, 4) is 45.3 Å². The lowest BCUT2D eigenvalue weighted by Crippen LogP contribution is -2.15. The second-order valence-electron chi connectivity index (χ2n) is 11.3. The Balaban J connectivity index is 1.34. The summed E-state index contributed by atoms with van der Waals surface area (Å²) < 4.78 is 20.3. The molecular weight excluding hydrogens is 585 g/mol. The molecule has 6 aromatic carbocycles. The summed E-state index contributed by atoms with van der Waals surface area (Å²) in [6.45, 7) is 1.81. The van der Waals surface area contributed by atoms with Crippen LogP contribution < -0.4 is 10.6 Å². The largest absolute Gasteiger partial charge is 0.456 e. The summed E-state index contributed by atoms with van der Waals surface area (Å²) in [5.74, 6) is 1.59. The highest BCUT2D eigenvalue weighted by Crippen LogP contribution is 2.40. The highest BCUT2D eigenvalue weighted by molar-refractivity contribution is 7.78. The van der Waals surface area contributed by atoms with E-state index in [4.69, 9.17) is 19.4 Å². The Morgan fingerprint density at radius 3 is 1.80 bits per heavy atom. The van der Waals surface area contributed by atoms with Crippen LogP contribution in [0.2, 0.25) is 0 Å². The predicted octanol–water partition coefficient (Wildman–Crippen LogP) is 9.38. The van der Waals surface area contributed by atoms with E-state index in [0.29, 0.717) is 17.5 Å². The van der Waals surface area contributed by atoms with Gasteiger partial charge in [-0.3, -0.25) is 0 Å². The molecule has 0 fully saturated rings. The van der Waals surface area contributed by atoms with Gasteiger partial charge in [0.1, 0.15) is 18.3 Å². The molecule has 220 valence electrons. The normalized spacial score (nSPS) is 12.7. The van der Waals surface area contributed by atoms with Crippen molar-refractivity contribution >= 4 is 39.7 Å². The standard InChI is InChI=1S/C40H28N3O2P/c1-46(44,31-18-6-3-7-19-31)32-20-11-17-30(26-32)39-41-38(29-16-10-15-28(25-29)27-13-4-2-5-14-27)42-40(43-39)34-22-12-24-36-37(34)33-21-8-9-23-35(33)45-36/h2-26H,1H3. The van der Waals surface area contributed by atoms with E-state index in [1.807, 2.05) is 128 Å². The molecule has 8 rings (SSSR count). The number of hydrogen-bond acceptors (Lipinski definition) is 5. The van der Waals surface area contributed by atoms with E-state index in [1.54, 1.807) is 0 Å². The summed E-state index contributed by atoms with van der Waals surface area (Å²) in [5.41, 5.74) is 6.25. The Hall–Kier alpha value is -5.64. The molecule has 0 spiro atoms. The molecule has 0 aliphatic carbocycles. The number of para-hydroxylation sites is 1. The van der Waals surface area contributed by atoms with E-state index in [0.717, 1.165) is 60.4 Å². The van der Waals surface area contributed by atoms with Gasteiger partial charge in [-0.1, -0.05) is 127 Å². The third kappa shape index (κ3) is 5.01. The maximum absolute atomic E-state index is 14.1. The number of benzene rings is 6. The molecule has 1 unspecified atom stereocenters. The van der Waals surface area contributed by atoms with Gasteiger partial charge in [-0.25, -0.2) is 15.0 Å². The molecule has 0 aliphatic heterocycles. The van der Waals surface area contributed by atoms with Gasteiger partial charge >= 0.3 is 0 Å². The molecule has 6 heteroatoms. The SMILES string of the molecule is CP(=O)(c1ccccc1)c1cccc(-c2nc(-c3cccc(-c4ccccc4)c3)nc(-c3cccc4oc5ccccc5c34)n2)c1. The van der Waals surface area contributed by atoms with E-state index >= 15 is 0 Å². The van der Waals surface area contributed by atoms with Crippen molar-refractivity contribution in [1.29, 1.82) is 0 Å². The lowest BCUT2D eigenvalue weighted by atomic mass is 10.0. The Kier molecular flexibility index (Phi) is 6.89. The van der Waals surface area contributed by atoms with E-state index < -0.39 is 7.14 Å². The van der Waals surface area contributed by atoms with Crippen LogP contribution in [0.25, 0.3) is 67.2 Å². The topological polar surface area (TPSA) is 68.9 Å². The number of rotatable bonds is 6. The first-order chi connectivity index (χ1) is 22.5. The number of hydrogen-bond donors (Lipinski definition) is 0. The third-order valence-electron chi connectivity index (χ3n) is 8.35. The highest BCUT2D eigenvalue weighted by atomic mass is 31.2. The molecule has 5 nitrogen and oxygen atoms in total. The fourth-order valence-electron chi connectivity index (χ4n) is 5.96. The lowest BCUT2D eigenvalue weighted by molar-refractivity contribution is 0.590. The summed E-state index contributed by atoms with van der Waals surface area (Å²) in [5, 5.41) is 3.50. The number of aromatic nitrogens is 3. The lowest BCUT2D eigenvalue weighted by Gasteiger charge is -2.15. The minimum Gasteiger partial charge on any atom is -0.456 e. The zero-order valence-corrected chi connectivity index (χ0v) is 25.9. The summed E-state index contributed by atoms with van der Waals surface area (Å²) in [4.78, 5) is 15.2. The van der Waals surface area contributed by atoms with Gasteiger partial charge in [0.2, 0.25) is 0 Å². The summed E-state index contributed by atoms with van der Waals surface area (Å²) in [6, 6.07) is 49.9. The van der Waals surface area contributed by atoms with Crippen LogP contribution in [0.15, 0.2) is 156 Å². The Bertz CT molecular complexity index is 2420. The van der Waals surface area contributed by atoms with Crippen molar-refractivity contribution in [3.05, 3.63) is 152 Å². The Morgan fingerprint density at radius 2 is 1.02 bits per heavy atom. The van der Waals surface area contributed by atoms with Crippen molar-refractivity contribution in [3.63, 3.8) is 0 Å². The first-order valence-electron chi connectivity index (χ1n) is 15.1. The molecule has 0 saturated carbocycles. The summed E-state index contributed by atoms with van der Waals surface area (Å²) >= 11 is 0. The summed E-state index contributed by atoms with van der Waals surface area (Å²) in [6.07, 6.45) is 0. The molecule has 0 bridgehead atoms. The molecule has 1 atom stereocenters. The van der Waals surface area contributed by atoms with Crippen LogP contribution in [-0.2, 0) is 4.57 Å². The van der Waals surface area contributed by atoms with E-state index in [9.17, 15) is 4.57 Å². The van der Waals surface area contributed by atoms with Crippen LogP contribution in [-0.4, -0.2) is 21.6 Å². The van der Waals surface area contributed by atoms with E-state index in [1.165, 1.54) is 0 Å². The average molecular weight is 614 g/mol. The molecular formula is C40H28N3O2P. The van der Waals surface area contributed by atoms with Crippen molar-refractivity contribution in [2.45, 2.75) is 0 Å². The fraction of sp³-hybridized carbons (Fsp3) is 0.0250. The second-order valence-corrected chi connectivity index (χ2v) is 14.2. The maximum atomic E-state index is 14.1. The monoisotopic (exact) mass is 613 g/mol. The molecule has 0 aliphatic rings. The molecule has 46 heavy (non-hydrogen) atoms. The van der Waals surface area contributed by atoms with Gasteiger partial charge in [-0.2, -0.15) is 0 Å². The van der Waals surface area contributed by atoms with Crippen molar-refractivity contribution in [2.24, 2.45) is 0 Å². The second kappa shape index (κ2) is 11.4. The minimum atomic E-state index is -2.86. The highest BCUT2D eigenvalue weighted by Gasteiger charge is 2.23. The first-order valence-corrected chi connectivity index (χ1v) is 17.3. The Morgan fingerprint density at radius 1 is 0.478 bits per heavy atom. The van der Waals surface area contributed by atoms with Gasteiger partial charge in [0.05, 0.1) is 0 Å². The minimum absolute atomic E-state index is 0.504. The van der Waals surface area contributed by atoms with Crippen LogP contribution >= 0.6 is 7.14 Å². The molecule has 2 aromatic heterocycles.